The van der Waals surface area contributed by atoms with Crippen LogP contribution in [0.3, 0.4) is 0 Å². The predicted octanol–water partition coefficient (Wildman–Crippen LogP) is 2.08. The zero-order chi connectivity index (χ0) is 10.9. The Balaban J connectivity index is 2.12. The summed E-state index contributed by atoms with van der Waals surface area (Å²) in [6.45, 7) is 7.69. The minimum absolute atomic E-state index is 0.160. The minimum Gasteiger partial charge on any atom is -0.344 e. The standard InChI is InChI=1S/C11H19N3S/c1-11(2,3)9-6-13-10(14-9)8-7-15-5-4-12-8/h6,8,12H,4-5,7H2,1-3H3,(H,13,14). The molecule has 0 radical (unpaired) electrons. The maximum atomic E-state index is 4.47. The van der Waals surface area contributed by atoms with E-state index in [0.29, 0.717) is 6.04 Å². The Bertz CT molecular complexity index is 321. The second-order valence-corrected chi connectivity index (χ2v) is 6.16. The first-order chi connectivity index (χ1) is 7.07. The van der Waals surface area contributed by atoms with Crippen LogP contribution in [0.5, 0.6) is 0 Å². The molecule has 1 aromatic rings. The van der Waals surface area contributed by atoms with Gasteiger partial charge in [-0.3, -0.25) is 0 Å². The lowest BCUT2D eigenvalue weighted by Crippen LogP contribution is -2.31. The van der Waals surface area contributed by atoms with Crippen LogP contribution in [0, 0.1) is 0 Å². The van der Waals surface area contributed by atoms with Crippen LogP contribution in [0.1, 0.15) is 38.3 Å². The molecule has 0 spiro atoms. The van der Waals surface area contributed by atoms with Gasteiger partial charge in [0.2, 0.25) is 0 Å². The van der Waals surface area contributed by atoms with Crippen LogP contribution in [-0.4, -0.2) is 28.0 Å². The molecule has 2 N–H and O–H groups in total. The van der Waals surface area contributed by atoms with E-state index in [1.165, 1.54) is 11.4 Å². The molecule has 0 aromatic carbocycles. The zero-order valence-corrected chi connectivity index (χ0v) is 10.4. The first-order valence-electron chi connectivity index (χ1n) is 5.44. The van der Waals surface area contributed by atoms with Gasteiger partial charge in [0.15, 0.2) is 0 Å². The van der Waals surface area contributed by atoms with E-state index in [-0.39, 0.29) is 5.41 Å². The summed E-state index contributed by atoms with van der Waals surface area (Å²) in [6.07, 6.45) is 1.97. The molecule has 0 saturated carbocycles. The van der Waals surface area contributed by atoms with E-state index in [0.717, 1.165) is 18.1 Å². The SMILES string of the molecule is CC(C)(C)c1cnc(C2CSCCN2)[nH]1. The van der Waals surface area contributed by atoms with Gasteiger partial charge in [-0.05, 0) is 0 Å². The lowest BCUT2D eigenvalue weighted by molar-refractivity contribution is 0.549. The molecule has 1 fully saturated rings. The van der Waals surface area contributed by atoms with Crippen molar-refractivity contribution in [2.45, 2.75) is 32.2 Å². The van der Waals surface area contributed by atoms with Gasteiger partial charge in [-0.25, -0.2) is 4.98 Å². The van der Waals surface area contributed by atoms with Crippen molar-refractivity contribution in [3.63, 3.8) is 0 Å². The van der Waals surface area contributed by atoms with Crippen LogP contribution in [0.15, 0.2) is 6.20 Å². The zero-order valence-electron chi connectivity index (χ0n) is 9.63. The molecule has 0 bridgehead atoms. The summed E-state index contributed by atoms with van der Waals surface area (Å²) in [5.41, 5.74) is 1.38. The minimum atomic E-state index is 0.160. The Morgan fingerprint density at radius 3 is 2.80 bits per heavy atom. The van der Waals surface area contributed by atoms with Crippen molar-refractivity contribution < 1.29 is 0 Å². The lowest BCUT2D eigenvalue weighted by Gasteiger charge is -2.21. The molecule has 4 heteroatoms. The van der Waals surface area contributed by atoms with Gasteiger partial charge in [0.05, 0.1) is 6.04 Å². The van der Waals surface area contributed by atoms with Crippen LogP contribution in [-0.2, 0) is 5.41 Å². The molecule has 1 aliphatic heterocycles. The molecule has 2 rings (SSSR count). The van der Waals surface area contributed by atoms with Crippen LogP contribution in [0.2, 0.25) is 0 Å². The summed E-state index contributed by atoms with van der Waals surface area (Å²) in [6, 6.07) is 0.403. The Labute approximate surface area is 95.4 Å². The van der Waals surface area contributed by atoms with Crippen LogP contribution in [0.4, 0.5) is 0 Å². The van der Waals surface area contributed by atoms with Crippen molar-refractivity contribution in [3.8, 4) is 0 Å². The van der Waals surface area contributed by atoms with Gasteiger partial charge in [-0.1, -0.05) is 20.8 Å². The summed E-state index contributed by atoms with van der Waals surface area (Å²) >= 11 is 1.99. The van der Waals surface area contributed by atoms with Crippen LogP contribution >= 0.6 is 11.8 Å². The van der Waals surface area contributed by atoms with Gasteiger partial charge in [0.25, 0.3) is 0 Å². The third-order valence-electron chi connectivity index (χ3n) is 2.66. The van der Waals surface area contributed by atoms with Crippen LogP contribution < -0.4 is 5.32 Å². The van der Waals surface area contributed by atoms with Crippen molar-refractivity contribution in [1.29, 1.82) is 0 Å². The second-order valence-electron chi connectivity index (χ2n) is 5.01. The highest BCUT2D eigenvalue weighted by Gasteiger charge is 2.21. The third kappa shape index (κ3) is 2.55. The van der Waals surface area contributed by atoms with Crippen molar-refractivity contribution in [3.05, 3.63) is 17.7 Å². The quantitative estimate of drug-likeness (QED) is 0.769. The van der Waals surface area contributed by atoms with Gasteiger partial charge in [0, 0.05) is 35.4 Å². The first kappa shape index (κ1) is 11.0. The van der Waals surface area contributed by atoms with E-state index in [1.807, 2.05) is 18.0 Å². The lowest BCUT2D eigenvalue weighted by atomic mass is 9.93. The monoisotopic (exact) mass is 225 g/mol. The summed E-state index contributed by atoms with van der Waals surface area (Å²) in [7, 11) is 0. The fourth-order valence-electron chi connectivity index (χ4n) is 1.64. The Morgan fingerprint density at radius 2 is 2.27 bits per heavy atom. The van der Waals surface area contributed by atoms with Crippen molar-refractivity contribution in [2.75, 3.05) is 18.1 Å². The molecule has 3 nitrogen and oxygen atoms in total. The average molecular weight is 225 g/mol. The number of hydrogen-bond acceptors (Lipinski definition) is 3. The number of hydrogen-bond donors (Lipinski definition) is 2. The molecule has 0 amide bonds. The maximum Gasteiger partial charge on any atom is 0.124 e. The summed E-state index contributed by atoms with van der Waals surface area (Å²) < 4.78 is 0. The van der Waals surface area contributed by atoms with E-state index in [9.17, 15) is 0 Å². The van der Waals surface area contributed by atoms with E-state index in [2.05, 4.69) is 36.1 Å². The second kappa shape index (κ2) is 4.18. The number of imidazole rings is 1. The smallest absolute Gasteiger partial charge is 0.124 e. The van der Waals surface area contributed by atoms with E-state index in [1.54, 1.807) is 0 Å². The largest absolute Gasteiger partial charge is 0.344 e. The Hall–Kier alpha value is -0.480. The predicted molar refractivity (Wildman–Crippen MR) is 65.4 cm³/mol. The summed E-state index contributed by atoms with van der Waals surface area (Å²) in [5, 5.41) is 3.49. The fourth-order valence-corrected chi connectivity index (χ4v) is 2.58. The molecule has 1 saturated heterocycles. The maximum absolute atomic E-state index is 4.47. The molecule has 2 heterocycles. The number of thioether (sulfide) groups is 1. The van der Waals surface area contributed by atoms with Crippen molar-refractivity contribution in [1.82, 2.24) is 15.3 Å². The highest BCUT2D eigenvalue weighted by Crippen LogP contribution is 2.24. The first-order valence-corrected chi connectivity index (χ1v) is 6.59. The molecular weight excluding hydrogens is 206 g/mol. The number of aromatic amines is 1. The van der Waals surface area contributed by atoms with E-state index < -0.39 is 0 Å². The number of H-pyrrole nitrogens is 1. The molecular formula is C11H19N3S. The fraction of sp³-hybridized carbons (Fsp3) is 0.727. The molecule has 1 atom stereocenters. The molecule has 0 aliphatic carbocycles. The van der Waals surface area contributed by atoms with E-state index in [4.69, 9.17) is 0 Å². The van der Waals surface area contributed by atoms with Gasteiger partial charge in [0.1, 0.15) is 5.82 Å². The van der Waals surface area contributed by atoms with Crippen molar-refractivity contribution in [2.24, 2.45) is 0 Å². The number of nitrogens with zero attached hydrogens (tertiary/aromatic N) is 1. The number of aromatic nitrogens is 2. The highest BCUT2D eigenvalue weighted by molar-refractivity contribution is 7.99. The number of rotatable bonds is 1. The van der Waals surface area contributed by atoms with Gasteiger partial charge >= 0.3 is 0 Å². The summed E-state index contributed by atoms with van der Waals surface area (Å²) in [4.78, 5) is 7.91. The van der Waals surface area contributed by atoms with Gasteiger partial charge in [-0.15, -0.1) is 0 Å². The van der Waals surface area contributed by atoms with Gasteiger partial charge < -0.3 is 10.3 Å². The normalized spacial score (nSPS) is 23.0. The molecule has 1 aromatic heterocycles. The van der Waals surface area contributed by atoms with Crippen molar-refractivity contribution >= 4 is 11.8 Å². The number of nitrogens with one attached hydrogen (secondary N) is 2. The molecule has 1 unspecified atom stereocenters. The van der Waals surface area contributed by atoms with Gasteiger partial charge in [-0.2, -0.15) is 11.8 Å². The molecule has 15 heavy (non-hydrogen) atoms. The topological polar surface area (TPSA) is 40.7 Å². The van der Waals surface area contributed by atoms with Crippen LogP contribution in [0.25, 0.3) is 0 Å². The molecule has 84 valence electrons. The van der Waals surface area contributed by atoms with E-state index >= 15 is 0 Å². The average Bonchev–Trinajstić information content (AvgIpc) is 2.67. The Morgan fingerprint density at radius 1 is 1.47 bits per heavy atom. The molecule has 1 aliphatic rings. The third-order valence-corrected chi connectivity index (χ3v) is 3.72. The Kier molecular flexibility index (Phi) is 3.07. The highest BCUT2D eigenvalue weighted by atomic mass is 32.2. The summed E-state index contributed by atoms with van der Waals surface area (Å²) in [5.74, 6) is 3.42.